The number of hydrogen-bond donors (Lipinski definition) is 1. The molecule has 0 saturated carbocycles. The quantitative estimate of drug-likeness (QED) is 0.692. The molecule has 146 valence electrons. The predicted octanol–water partition coefficient (Wildman–Crippen LogP) is 2.93. The van der Waals surface area contributed by atoms with Crippen LogP contribution in [0.5, 0.6) is 5.75 Å². The molecule has 1 N–H and O–H groups in total. The van der Waals surface area contributed by atoms with Crippen molar-refractivity contribution in [3.05, 3.63) is 24.3 Å². The van der Waals surface area contributed by atoms with Crippen molar-refractivity contribution in [1.82, 2.24) is 4.90 Å². The summed E-state index contributed by atoms with van der Waals surface area (Å²) in [7, 11) is 1.58. The van der Waals surface area contributed by atoms with Gasteiger partial charge in [0, 0.05) is 32.4 Å². The van der Waals surface area contributed by atoms with E-state index in [2.05, 4.69) is 17.1 Å². The van der Waals surface area contributed by atoms with Gasteiger partial charge in [0.15, 0.2) is 0 Å². The summed E-state index contributed by atoms with van der Waals surface area (Å²) in [4.78, 5) is 14.9. The summed E-state index contributed by atoms with van der Waals surface area (Å²) >= 11 is 0. The molecule has 0 aliphatic carbocycles. The van der Waals surface area contributed by atoms with E-state index < -0.39 is 5.60 Å². The number of carbonyl (C=O) groups excluding carboxylic acids is 1. The topological polar surface area (TPSA) is 60.0 Å². The molecule has 26 heavy (non-hydrogen) atoms. The zero-order chi connectivity index (χ0) is 18.8. The standard InChI is InChI=1S/C20H32N2O4/c1-4-5-10-20(2,24-3)19(23)21-17-6-8-18(9-7-17)26-16-13-22-11-14-25-15-12-22/h6-9H,4-5,10-16H2,1-3H3,(H,21,23). The SMILES string of the molecule is CCCCC(C)(OC)C(=O)Nc1ccc(OCCN2CCOCC2)cc1. The Labute approximate surface area is 156 Å². The number of hydrogen-bond acceptors (Lipinski definition) is 5. The highest BCUT2D eigenvalue weighted by Gasteiger charge is 2.32. The monoisotopic (exact) mass is 364 g/mol. The second-order valence-electron chi connectivity index (χ2n) is 6.82. The van der Waals surface area contributed by atoms with E-state index in [9.17, 15) is 4.79 Å². The molecule has 0 spiro atoms. The van der Waals surface area contributed by atoms with E-state index >= 15 is 0 Å². The minimum absolute atomic E-state index is 0.116. The average molecular weight is 364 g/mol. The molecule has 1 aliphatic heterocycles. The first-order valence-electron chi connectivity index (χ1n) is 9.47. The van der Waals surface area contributed by atoms with Gasteiger partial charge in [-0.25, -0.2) is 0 Å². The lowest BCUT2D eigenvalue weighted by Gasteiger charge is -2.27. The summed E-state index contributed by atoms with van der Waals surface area (Å²) in [6, 6.07) is 7.48. The van der Waals surface area contributed by atoms with Crippen LogP contribution in [0.3, 0.4) is 0 Å². The minimum Gasteiger partial charge on any atom is -0.492 e. The molecule has 0 radical (unpaired) electrons. The van der Waals surface area contributed by atoms with E-state index in [1.54, 1.807) is 7.11 Å². The molecule has 1 atom stereocenters. The lowest BCUT2D eigenvalue weighted by atomic mass is 9.97. The van der Waals surface area contributed by atoms with Gasteiger partial charge < -0.3 is 19.5 Å². The van der Waals surface area contributed by atoms with Crippen molar-refractivity contribution in [2.45, 2.75) is 38.7 Å². The highest BCUT2D eigenvalue weighted by molar-refractivity contribution is 5.97. The van der Waals surface area contributed by atoms with E-state index in [0.717, 1.165) is 57.1 Å². The Morgan fingerprint density at radius 1 is 1.27 bits per heavy atom. The molecule has 2 rings (SSSR count). The molecule has 1 fully saturated rings. The summed E-state index contributed by atoms with van der Waals surface area (Å²) in [6.45, 7) is 9.00. The fourth-order valence-electron chi connectivity index (χ4n) is 2.84. The van der Waals surface area contributed by atoms with E-state index in [-0.39, 0.29) is 5.91 Å². The van der Waals surface area contributed by atoms with Gasteiger partial charge in [0.2, 0.25) is 0 Å². The lowest BCUT2D eigenvalue weighted by Crippen LogP contribution is -2.41. The molecular formula is C20H32N2O4. The zero-order valence-electron chi connectivity index (χ0n) is 16.3. The molecule has 6 heteroatoms. The smallest absolute Gasteiger partial charge is 0.256 e. The summed E-state index contributed by atoms with van der Waals surface area (Å²) in [6.07, 6.45) is 2.69. The van der Waals surface area contributed by atoms with Gasteiger partial charge in [0.25, 0.3) is 5.91 Å². The molecule has 1 saturated heterocycles. The predicted molar refractivity (Wildman–Crippen MR) is 103 cm³/mol. The van der Waals surface area contributed by atoms with Gasteiger partial charge in [-0.1, -0.05) is 19.8 Å². The van der Waals surface area contributed by atoms with E-state index in [1.165, 1.54) is 0 Å². The third kappa shape index (κ3) is 6.27. The van der Waals surface area contributed by atoms with Crippen LogP contribution in [0, 0.1) is 0 Å². The first-order chi connectivity index (χ1) is 12.6. The summed E-state index contributed by atoms with van der Waals surface area (Å²) in [5.74, 6) is 0.686. The number of anilines is 1. The van der Waals surface area contributed by atoms with Crippen molar-refractivity contribution in [2.75, 3.05) is 51.9 Å². The van der Waals surface area contributed by atoms with Crippen LogP contribution in [0.2, 0.25) is 0 Å². The molecule has 0 bridgehead atoms. The van der Waals surface area contributed by atoms with Crippen LogP contribution in [-0.4, -0.2) is 63.0 Å². The second kappa shape index (κ2) is 10.5. The van der Waals surface area contributed by atoms with Gasteiger partial charge in [-0.15, -0.1) is 0 Å². The number of carbonyl (C=O) groups is 1. The van der Waals surface area contributed by atoms with Crippen molar-refractivity contribution in [1.29, 1.82) is 0 Å². The number of ether oxygens (including phenoxy) is 3. The number of nitrogens with one attached hydrogen (secondary N) is 1. The van der Waals surface area contributed by atoms with Crippen LogP contribution < -0.4 is 10.1 Å². The van der Waals surface area contributed by atoms with Crippen LogP contribution in [0.4, 0.5) is 5.69 Å². The fraction of sp³-hybridized carbons (Fsp3) is 0.650. The van der Waals surface area contributed by atoms with Gasteiger partial charge in [-0.2, -0.15) is 0 Å². The molecule has 1 aromatic rings. The molecule has 1 aliphatic rings. The fourth-order valence-corrected chi connectivity index (χ4v) is 2.84. The zero-order valence-corrected chi connectivity index (χ0v) is 16.3. The number of unbranched alkanes of at least 4 members (excludes halogenated alkanes) is 1. The Kier molecular flexibility index (Phi) is 8.35. The number of benzene rings is 1. The Morgan fingerprint density at radius 2 is 1.96 bits per heavy atom. The van der Waals surface area contributed by atoms with E-state index in [1.807, 2.05) is 31.2 Å². The molecule has 6 nitrogen and oxygen atoms in total. The van der Waals surface area contributed by atoms with Crippen LogP contribution in [0.1, 0.15) is 33.1 Å². The number of nitrogens with zero attached hydrogens (tertiary/aromatic N) is 1. The van der Waals surface area contributed by atoms with Crippen LogP contribution in [-0.2, 0) is 14.3 Å². The number of amides is 1. The van der Waals surface area contributed by atoms with E-state index in [0.29, 0.717) is 13.0 Å². The third-order valence-corrected chi connectivity index (χ3v) is 4.83. The second-order valence-corrected chi connectivity index (χ2v) is 6.82. The first-order valence-corrected chi connectivity index (χ1v) is 9.47. The summed E-state index contributed by atoms with van der Waals surface area (Å²) < 4.78 is 16.6. The maximum atomic E-state index is 12.5. The van der Waals surface area contributed by atoms with Gasteiger partial charge >= 0.3 is 0 Å². The molecule has 0 aromatic heterocycles. The minimum atomic E-state index is -0.802. The molecule has 1 aromatic carbocycles. The number of rotatable bonds is 10. The van der Waals surface area contributed by atoms with Gasteiger partial charge in [0.05, 0.1) is 13.2 Å². The maximum Gasteiger partial charge on any atom is 0.256 e. The number of morpholine rings is 1. The molecule has 1 heterocycles. The lowest BCUT2D eigenvalue weighted by molar-refractivity contribution is -0.136. The Hall–Kier alpha value is -1.63. The maximum absolute atomic E-state index is 12.5. The van der Waals surface area contributed by atoms with Gasteiger partial charge in [-0.3, -0.25) is 9.69 Å². The average Bonchev–Trinajstić information content (AvgIpc) is 2.68. The van der Waals surface area contributed by atoms with Crippen molar-refractivity contribution in [3.8, 4) is 5.75 Å². The largest absolute Gasteiger partial charge is 0.492 e. The van der Waals surface area contributed by atoms with Crippen molar-refractivity contribution in [2.24, 2.45) is 0 Å². The highest BCUT2D eigenvalue weighted by atomic mass is 16.5. The van der Waals surface area contributed by atoms with Crippen LogP contribution in [0.15, 0.2) is 24.3 Å². The van der Waals surface area contributed by atoms with Crippen LogP contribution in [0.25, 0.3) is 0 Å². The Balaban J connectivity index is 1.79. The Bertz CT molecular complexity index is 543. The summed E-state index contributed by atoms with van der Waals surface area (Å²) in [5, 5.41) is 2.94. The number of methoxy groups -OCH3 is 1. The molecular weight excluding hydrogens is 332 g/mol. The van der Waals surface area contributed by atoms with Gasteiger partial charge in [0.1, 0.15) is 18.0 Å². The summed E-state index contributed by atoms with van der Waals surface area (Å²) in [5.41, 5.74) is -0.0566. The van der Waals surface area contributed by atoms with E-state index in [4.69, 9.17) is 14.2 Å². The van der Waals surface area contributed by atoms with Crippen molar-refractivity contribution < 1.29 is 19.0 Å². The molecule has 1 unspecified atom stereocenters. The molecule has 1 amide bonds. The third-order valence-electron chi connectivity index (χ3n) is 4.83. The van der Waals surface area contributed by atoms with Gasteiger partial charge in [-0.05, 0) is 37.6 Å². The van der Waals surface area contributed by atoms with Crippen molar-refractivity contribution in [3.63, 3.8) is 0 Å². The Morgan fingerprint density at radius 3 is 2.58 bits per heavy atom. The highest BCUT2D eigenvalue weighted by Crippen LogP contribution is 2.22. The van der Waals surface area contributed by atoms with Crippen molar-refractivity contribution >= 4 is 11.6 Å². The first kappa shape index (κ1) is 20.7. The van der Waals surface area contributed by atoms with Crippen LogP contribution >= 0.6 is 0 Å². The normalized spacial score (nSPS) is 17.5.